The molecule has 1 saturated heterocycles. The van der Waals surface area contributed by atoms with E-state index in [9.17, 15) is 8.42 Å². The monoisotopic (exact) mass is 371 g/mol. The highest BCUT2D eigenvalue weighted by Crippen LogP contribution is 2.29. The van der Waals surface area contributed by atoms with Gasteiger partial charge in [0.15, 0.2) is 15.8 Å². The predicted molar refractivity (Wildman–Crippen MR) is 103 cm³/mol. The fraction of sp³-hybridized carbons (Fsp3) is 0.833. The number of sulfone groups is 1. The van der Waals surface area contributed by atoms with E-state index in [-0.39, 0.29) is 6.54 Å². The van der Waals surface area contributed by atoms with Crippen LogP contribution < -0.4 is 10.6 Å². The highest BCUT2D eigenvalue weighted by molar-refractivity contribution is 7.92. The van der Waals surface area contributed by atoms with E-state index < -0.39 is 14.6 Å². The summed E-state index contributed by atoms with van der Waals surface area (Å²) in [6.07, 6.45) is 10.7. The van der Waals surface area contributed by atoms with Gasteiger partial charge < -0.3 is 15.4 Å². The van der Waals surface area contributed by atoms with Crippen LogP contribution in [0, 0.1) is 0 Å². The Bertz CT molecular complexity index is 578. The van der Waals surface area contributed by atoms with E-state index in [2.05, 4.69) is 21.7 Å². The minimum absolute atomic E-state index is 0.285. The van der Waals surface area contributed by atoms with Gasteiger partial charge >= 0.3 is 0 Å². The lowest BCUT2D eigenvalue weighted by molar-refractivity contribution is 0.0768. The molecule has 0 bridgehead atoms. The third-order valence-corrected chi connectivity index (χ3v) is 7.29. The van der Waals surface area contributed by atoms with Crippen molar-refractivity contribution in [1.29, 1.82) is 0 Å². The number of allylic oxidation sites excluding steroid dienone is 1. The van der Waals surface area contributed by atoms with Gasteiger partial charge in [-0.25, -0.2) is 8.42 Å². The van der Waals surface area contributed by atoms with Crippen molar-refractivity contribution < 1.29 is 13.2 Å². The van der Waals surface area contributed by atoms with Crippen LogP contribution in [0.5, 0.6) is 0 Å². The number of rotatable bonds is 7. The van der Waals surface area contributed by atoms with Crippen molar-refractivity contribution in [1.82, 2.24) is 10.6 Å². The molecule has 2 rings (SSSR count). The lowest BCUT2D eigenvalue weighted by atomic mass is 9.97. The van der Waals surface area contributed by atoms with Crippen molar-refractivity contribution in [3.8, 4) is 0 Å². The van der Waals surface area contributed by atoms with Crippen LogP contribution >= 0.6 is 0 Å². The fourth-order valence-corrected chi connectivity index (χ4v) is 4.63. The molecule has 0 radical (unpaired) electrons. The van der Waals surface area contributed by atoms with Gasteiger partial charge in [0.05, 0.1) is 11.3 Å². The average Bonchev–Trinajstić information content (AvgIpc) is 2.60. The zero-order valence-corrected chi connectivity index (χ0v) is 16.5. The Hall–Kier alpha value is -1.08. The molecule has 25 heavy (non-hydrogen) atoms. The molecule has 0 aromatic rings. The summed E-state index contributed by atoms with van der Waals surface area (Å²) in [5.41, 5.74) is 1.52. The molecule has 0 spiro atoms. The first-order valence-electron chi connectivity index (χ1n) is 9.44. The fourth-order valence-electron chi connectivity index (χ4n) is 3.43. The molecule has 144 valence electrons. The molecule has 1 aliphatic carbocycles. The van der Waals surface area contributed by atoms with Gasteiger partial charge in [0.2, 0.25) is 0 Å². The van der Waals surface area contributed by atoms with Crippen LogP contribution in [0.1, 0.15) is 51.9 Å². The lowest BCUT2D eigenvalue weighted by Gasteiger charge is -2.34. The Balaban J connectivity index is 1.96. The van der Waals surface area contributed by atoms with Crippen molar-refractivity contribution in [3.05, 3.63) is 11.6 Å². The molecule has 7 heteroatoms. The van der Waals surface area contributed by atoms with Crippen molar-refractivity contribution in [2.75, 3.05) is 39.1 Å². The summed E-state index contributed by atoms with van der Waals surface area (Å²) in [6.45, 7) is 4.85. The van der Waals surface area contributed by atoms with E-state index in [1.54, 1.807) is 0 Å². The van der Waals surface area contributed by atoms with Gasteiger partial charge in [-0.05, 0) is 51.9 Å². The van der Waals surface area contributed by atoms with Crippen LogP contribution in [0.25, 0.3) is 0 Å². The maximum absolute atomic E-state index is 12.3. The first kappa shape index (κ1) is 20.2. The summed E-state index contributed by atoms with van der Waals surface area (Å²) >= 11 is 0. The van der Waals surface area contributed by atoms with Crippen LogP contribution in [-0.4, -0.2) is 58.2 Å². The summed E-state index contributed by atoms with van der Waals surface area (Å²) in [4.78, 5) is 4.60. The first-order chi connectivity index (χ1) is 12.0. The summed E-state index contributed by atoms with van der Waals surface area (Å²) in [6, 6.07) is 0. The molecular weight excluding hydrogens is 338 g/mol. The molecule has 0 aromatic heterocycles. The number of guanidine groups is 1. The van der Waals surface area contributed by atoms with Gasteiger partial charge in [0.1, 0.15) is 0 Å². The highest BCUT2D eigenvalue weighted by Gasteiger charge is 2.42. The van der Waals surface area contributed by atoms with Crippen LogP contribution in [0.4, 0.5) is 0 Å². The molecule has 1 heterocycles. The second-order valence-corrected chi connectivity index (χ2v) is 9.46. The molecule has 6 nitrogen and oxygen atoms in total. The Kier molecular flexibility index (Phi) is 7.75. The Morgan fingerprint density at radius 2 is 2.04 bits per heavy atom. The zero-order valence-electron chi connectivity index (χ0n) is 15.6. The molecule has 0 aromatic carbocycles. The van der Waals surface area contributed by atoms with Gasteiger partial charge in [-0.15, -0.1) is 0 Å². The molecule has 0 saturated carbocycles. The largest absolute Gasteiger partial charge is 0.381 e. The number of nitrogens with one attached hydrogen (secondary N) is 2. The highest BCUT2D eigenvalue weighted by atomic mass is 32.2. The predicted octanol–water partition coefficient (Wildman–Crippen LogP) is 2.03. The molecule has 2 aliphatic rings. The van der Waals surface area contributed by atoms with E-state index in [4.69, 9.17) is 4.74 Å². The van der Waals surface area contributed by atoms with Crippen LogP contribution in [0.15, 0.2) is 16.6 Å². The lowest BCUT2D eigenvalue weighted by Crippen LogP contribution is -2.47. The van der Waals surface area contributed by atoms with E-state index in [0.717, 1.165) is 19.5 Å². The quantitative estimate of drug-likeness (QED) is 0.407. The van der Waals surface area contributed by atoms with E-state index >= 15 is 0 Å². The molecule has 0 amide bonds. The molecule has 0 unspecified atom stereocenters. The maximum atomic E-state index is 12.3. The minimum atomic E-state index is -3.19. The van der Waals surface area contributed by atoms with Gasteiger partial charge in [-0.1, -0.05) is 11.6 Å². The van der Waals surface area contributed by atoms with Crippen molar-refractivity contribution >= 4 is 15.8 Å². The summed E-state index contributed by atoms with van der Waals surface area (Å²) in [7, 11) is -3.19. The third kappa shape index (κ3) is 5.99. The molecule has 1 aliphatic heterocycles. The van der Waals surface area contributed by atoms with Crippen LogP contribution in [-0.2, 0) is 14.6 Å². The summed E-state index contributed by atoms with van der Waals surface area (Å²) in [5, 5.41) is 6.57. The Morgan fingerprint density at radius 3 is 2.64 bits per heavy atom. The van der Waals surface area contributed by atoms with Gasteiger partial charge in [-0.2, -0.15) is 0 Å². The zero-order chi connectivity index (χ0) is 18.2. The van der Waals surface area contributed by atoms with Crippen molar-refractivity contribution in [3.63, 3.8) is 0 Å². The number of aliphatic imine (C=N–C) groups is 1. The summed E-state index contributed by atoms with van der Waals surface area (Å²) in [5.74, 6) is 0.702. The molecular formula is C18H33N3O3S. The Labute approximate surface area is 152 Å². The van der Waals surface area contributed by atoms with Gasteiger partial charge in [0.25, 0.3) is 0 Å². The second kappa shape index (κ2) is 9.57. The van der Waals surface area contributed by atoms with E-state index in [1.165, 1.54) is 37.5 Å². The second-order valence-electron chi connectivity index (χ2n) is 7.05. The first-order valence-corrected chi connectivity index (χ1v) is 11.3. The minimum Gasteiger partial charge on any atom is -0.381 e. The van der Waals surface area contributed by atoms with Gasteiger partial charge in [-0.3, -0.25) is 4.99 Å². The normalized spacial score (nSPS) is 21.5. The summed E-state index contributed by atoms with van der Waals surface area (Å²) < 4.78 is 29.2. The van der Waals surface area contributed by atoms with Crippen LogP contribution in [0.2, 0.25) is 0 Å². The number of nitrogens with zero attached hydrogens (tertiary/aromatic N) is 1. The average molecular weight is 372 g/mol. The smallest absolute Gasteiger partial charge is 0.191 e. The van der Waals surface area contributed by atoms with Gasteiger partial charge in [0, 0.05) is 32.6 Å². The number of ether oxygens (including phenoxy) is 1. The topological polar surface area (TPSA) is 79.8 Å². The molecule has 0 atom stereocenters. The SMILES string of the molecule is CCNC(=NCC1(S(C)(=O)=O)CCOCC1)NCCC1=CCCCC1. The van der Waals surface area contributed by atoms with Crippen LogP contribution in [0.3, 0.4) is 0 Å². The molecule has 1 fully saturated rings. The molecule has 2 N–H and O–H groups in total. The maximum Gasteiger partial charge on any atom is 0.191 e. The van der Waals surface area contributed by atoms with E-state index in [1.807, 2.05) is 6.92 Å². The number of hydrogen-bond acceptors (Lipinski definition) is 4. The van der Waals surface area contributed by atoms with Crippen molar-refractivity contribution in [2.24, 2.45) is 4.99 Å². The Morgan fingerprint density at radius 1 is 1.28 bits per heavy atom. The third-order valence-electron chi connectivity index (χ3n) is 5.18. The standard InChI is InChI=1S/C18H33N3O3S/c1-3-19-17(20-12-9-16-7-5-4-6-8-16)21-15-18(25(2,22)23)10-13-24-14-11-18/h7H,3-6,8-15H2,1-2H3,(H2,19,20,21). The van der Waals surface area contributed by atoms with E-state index in [0.29, 0.717) is 32.0 Å². The number of hydrogen-bond donors (Lipinski definition) is 2. The van der Waals surface area contributed by atoms with Crippen molar-refractivity contribution in [2.45, 2.75) is 56.6 Å².